The van der Waals surface area contributed by atoms with E-state index in [0.717, 1.165) is 97.3 Å². The Labute approximate surface area is 559 Å². The van der Waals surface area contributed by atoms with Crippen molar-refractivity contribution in [3.8, 4) is 5.69 Å². The first-order chi connectivity index (χ1) is 46.0. The summed E-state index contributed by atoms with van der Waals surface area (Å²) in [7, 11) is 1.96. The summed E-state index contributed by atoms with van der Waals surface area (Å²) in [5.41, 5.74) is 14.3. The smallest absolute Gasteiger partial charge is 0.243 e. The van der Waals surface area contributed by atoms with Crippen LogP contribution in [-0.4, -0.2) is 157 Å². The van der Waals surface area contributed by atoms with Crippen molar-refractivity contribution in [1.29, 1.82) is 0 Å². The molecule has 6 atom stereocenters. The fourth-order valence-electron chi connectivity index (χ4n) is 12.1. The van der Waals surface area contributed by atoms with Gasteiger partial charge in [-0.3, -0.25) is 38.4 Å². The molecule has 6 aromatic rings. The molecule has 508 valence electrons. The van der Waals surface area contributed by atoms with Crippen molar-refractivity contribution >= 4 is 104 Å². The van der Waals surface area contributed by atoms with E-state index in [9.17, 15) is 38.4 Å². The summed E-state index contributed by atoms with van der Waals surface area (Å²) in [6.07, 6.45) is 14.1. The number of unbranched alkanes of at least 4 members (excludes halogenated alkanes) is 1. The van der Waals surface area contributed by atoms with Crippen LogP contribution in [-0.2, 0) is 44.8 Å². The Morgan fingerprint density at radius 1 is 0.695 bits per heavy atom. The molecule has 11 N–H and O–H groups in total. The third-order valence-corrected chi connectivity index (χ3v) is 18.2. The third-order valence-electron chi connectivity index (χ3n) is 17.5. The lowest BCUT2D eigenvalue weighted by molar-refractivity contribution is -0.538. The van der Waals surface area contributed by atoms with Gasteiger partial charge < -0.3 is 63.1 Å². The summed E-state index contributed by atoms with van der Waals surface area (Å²) >= 11 is 1.45. The number of anilines is 2. The molecule has 0 bridgehead atoms. The first-order valence-corrected chi connectivity index (χ1v) is 34.8. The number of nitrogens with zero attached hydrogens (tertiary/aromatic N) is 7. The predicted molar refractivity (Wildman–Crippen MR) is 369 cm³/mol. The van der Waals surface area contributed by atoms with Gasteiger partial charge in [0.15, 0.2) is 0 Å². The third kappa shape index (κ3) is 21.5. The molecule has 26 heteroatoms. The Morgan fingerprint density at radius 3 is 2.08 bits per heavy atom. The van der Waals surface area contributed by atoms with E-state index in [-0.39, 0.29) is 43.0 Å². The van der Waals surface area contributed by atoms with Gasteiger partial charge in [0.25, 0.3) is 0 Å². The van der Waals surface area contributed by atoms with Gasteiger partial charge in [0.1, 0.15) is 41.2 Å². The van der Waals surface area contributed by atoms with E-state index in [4.69, 9.17) is 10.7 Å². The number of imidazole rings is 1. The number of primary amides is 1. The maximum absolute atomic E-state index is 14.0. The standard InChI is InChI=1S/C69H93N17O8S/c1-6-85(7-2)52-30-32-54-61(41-52)86(51-20-12-9-13-21-51)60-40-48(27-31-53(60)77-54)83-82-47-25-28-50(29-26-47)84(4)36-17-24-62(87)73-34-15-14-22-55(64(70)89)79-65(90)45(3)76-69(94)59(39-49-42-71-44-75-49)81-68(93)57(33-37-95-5)78-63(88)43-74-66(91)58(38-46-18-10-8-11-19-46)80-67(92)56-23-16-35-72-56/h9,12-13,20-21,25-32,40-42,44-46,55-59,72H,6-8,10-11,14-19,22-24,33-39,43H2,1-5H3,(H9-,70,71,73,74,75,76,78,79,80,81,87,88,89,90,91,92,93,94)/p+1/t45-,55-,56-,57-,58-,59-/m0/s1. The van der Waals surface area contributed by atoms with Gasteiger partial charge in [-0.2, -0.15) is 22.0 Å². The fraction of sp³-hybridized carbons (Fsp3) is 0.493. The number of aromatic nitrogens is 4. The van der Waals surface area contributed by atoms with Crippen LogP contribution in [0.15, 0.2) is 114 Å². The first kappa shape index (κ1) is 71.8. The van der Waals surface area contributed by atoms with Gasteiger partial charge in [0.2, 0.25) is 64.0 Å². The van der Waals surface area contributed by atoms with Crippen LogP contribution in [0.2, 0.25) is 0 Å². The molecule has 25 nitrogen and oxygen atoms in total. The number of carbonyl (C=O) groups is 8. The number of hydrogen-bond donors (Lipinski definition) is 10. The maximum atomic E-state index is 14.0. The highest BCUT2D eigenvalue weighted by Crippen LogP contribution is 2.29. The summed E-state index contributed by atoms with van der Waals surface area (Å²) in [5, 5.41) is 31.6. The Kier molecular flexibility index (Phi) is 27.6. The number of amides is 8. The average molecular weight is 1320 g/mol. The van der Waals surface area contributed by atoms with E-state index in [1.54, 1.807) is 0 Å². The molecule has 95 heavy (non-hydrogen) atoms. The van der Waals surface area contributed by atoms with E-state index in [1.807, 2.05) is 74.0 Å². The van der Waals surface area contributed by atoms with Crippen molar-refractivity contribution in [1.82, 2.24) is 57.5 Å². The topological polar surface area (TPSA) is 335 Å². The lowest BCUT2D eigenvalue weighted by Gasteiger charge is -2.27. The number of nitrogens with two attached hydrogens (primary N) is 1. The monoisotopic (exact) mass is 1320 g/mol. The average Bonchev–Trinajstić information content (AvgIpc) is 1.20. The minimum absolute atomic E-state index is 0.0572. The van der Waals surface area contributed by atoms with Crippen LogP contribution in [0, 0.1) is 5.92 Å². The SMILES string of the molecule is CCN(CC)c1ccc2nc3ccc(N=Nc4ccc(N(C)CCCC(=O)NCCCC[C@H](NC(=O)[C@H](C)NC(=O)[C@H](Cc5cnc[nH]5)NC(=O)[C@H](CCSC)NC(=O)CNC(=O)[C@H](CC5CCCCC5)NC(=O)[C@@H]5CCCN5)C(N)=O)cc4)cc3[n+](-c3ccccc3)c2c1. The molecule has 4 aromatic carbocycles. The number of benzene rings is 4. The zero-order chi connectivity index (χ0) is 67.6. The van der Waals surface area contributed by atoms with Crippen LogP contribution in [0.1, 0.15) is 116 Å². The normalized spacial score (nSPS) is 15.7. The van der Waals surface area contributed by atoms with Gasteiger partial charge in [0, 0.05) is 93.6 Å². The number of rotatable bonds is 36. The zero-order valence-electron chi connectivity index (χ0n) is 55.3. The van der Waals surface area contributed by atoms with E-state index < -0.39 is 72.2 Å². The van der Waals surface area contributed by atoms with Gasteiger partial charge in [-0.05, 0) is 145 Å². The number of carbonyl (C=O) groups excluding carboxylic acids is 8. The van der Waals surface area contributed by atoms with Crippen LogP contribution in [0.5, 0.6) is 0 Å². The molecule has 2 fully saturated rings. The van der Waals surface area contributed by atoms with Crippen molar-refractivity contribution in [3.63, 3.8) is 0 Å². The number of aromatic amines is 1. The quantitative estimate of drug-likeness (QED) is 0.00946. The Balaban J connectivity index is 0.757. The zero-order valence-corrected chi connectivity index (χ0v) is 56.1. The van der Waals surface area contributed by atoms with E-state index >= 15 is 0 Å². The van der Waals surface area contributed by atoms with Crippen molar-refractivity contribution in [2.75, 3.05) is 68.1 Å². The molecule has 3 heterocycles. The van der Waals surface area contributed by atoms with E-state index in [0.29, 0.717) is 74.4 Å². The molecule has 2 aliphatic rings. The van der Waals surface area contributed by atoms with Crippen LogP contribution in [0.25, 0.3) is 27.8 Å². The second kappa shape index (κ2) is 36.6. The summed E-state index contributed by atoms with van der Waals surface area (Å²) in [6, 6.07) is 24.5. The molecule has 1 saturated heterocycles. The molecule has 8 rings (SSSR count). The summed E-state index contributed by atoms with van der Waals surface area (Å²) in [5.74, 6) is -3.63. The van der Waals surface area contributed by atoms with E-state index in [2.05, 4.69) is 121 Å². The van der Waals surface area contributed by atoms with Crippen LogP contribution >= 0.6 is 11.8 Å². The molecule has 0 unspecified atom stereocenters. The minimum Gasteiger partial charge on any atom is -0.375 e. The minimum atomic E-state index is -1.25. The van der Waals surface area contributed by atoms with Gasteiger partial charge in [-0.1, -0.05) is 50.3 Å². The van der Waals surface area contributed by atoms with Gasteiger partial charge in [-0.25, -0.2) is 9.97 Å². The molecule has 1 saturated carbocycles. The molecule has 1 aliphatic carbocycles. The van der Waals surface area contributed by atoms with Crippen molar-refractivity contribution in [2.45, 2.75) is 153 Å². The molecule has 1 aliphatic heterocycles. The molecule has 0 spiro atoms. The van der Waals surface area contributed by atoms with Gasteiger partial charge in [0.05, 0.1) is 30.3 Å². The number of thioether (sulfide) groups is 1. The molecule has 8 amide bonds. The highest BCUT2D eigenvalue weighted by Gasteiger charge is 2.33. The highest BCUT2D eigenvalue weighted by atomic mass is 32.2. The van der Waals surface area contributed by atoms with Crippen LogP contribution in [0.4, 0.5) is 22.7 Å². The number of fused-ring (bicyclic) bond motifs is 2. The number of azo groups is 1. The second-order valence-corrected chi connectivity index (χ2v) is 25.5. The van der Waals surface area contributed by atoms with Gasteiger partial charge in [-0.15, -0.1) is 4.57 Å². The fourth-order valence-corrected chi connectivity index (χ4v) is 12.6. The Bertz CT molecular complexity index is 3560. The number of nitrogens with one attached hydrogen (secondary N) is 9. The van der Waals surface area contributed by atoms with Crippen molar-refractivity contribution in [2.24, 2.45) is 21.9 Å². The van der Waals surface area contributed by atoms with Crippen molar-refractivity contribution in [3.05, 3.63) is 109 Å². The van der Waals surface area contributed by atoms with Gasteiger partial charge >= 0.3 is 0 Å². The van der Waals surface area contributed by atoms with Crippen LogP contribution in [0.3, 0.4) is 0 Å². The molecule has 0 radical (unpaired) electrons. The Hall–Kier alpha value is -9.04. The lowest BCUT2D eigenvalue weighted by atomic mass is 9.84. The maximum Gasteiger partial charge on any atom is 0.243 e. The largest absolute Gasteiger partial charge is 0.375 e. The number of hydrogen-bond acceptors (Lipinski definition) is 16. The number of para-hydroxylation sites is 1. The lowest BCUT2D eigenvalue weighted by Crippen LogP contribution is -2.58. The summed E-state index contributed by atoms with van der Waals surface area (Å²) in [4.78, 5) is 123. The number of H-pyrrole nitrogens is 1. The van der Waals surface area contributed by atoms with E-state index in [1.165, 1.54) is 31.2 Å². The predicted octanol–water partition coefficient (Wildman–Crippen LogP) is 5.92. The summed E-state index contributed by atoms with van der Waals surface area (Å²) < 4.78 is 2.23. The molecular weight excluding hydrogens is 1230 g/mol. The second-order valence-electron chi connectivity index (χ2n) is 24.5. The van der Waals surface area contributed by atoms with Crippen molar-refractivity contribution < 1.29 is 42.9 Å². The molecular formula is C69H94N17O8S+. The Morgan fingerprint density at radius 2 is 1.39 bits per heavy atom. The molecule has 2 aromatic heterocycles. The highest BCUT2D eigenvalue weighted by molar-refractivity contribution is 7.98. The summed E-state index contributed by atoms with van der Waals surface area (Å²) in [6.45, 7) is 8.76. The van der Waals surface area contributed by atoms with Crippen LogP contribution < -0.4 is 62.6 Å². The first-order valence-electron chi connectivity index (χ1n) is 33.4.